The van der Waals surface area contributed by atoms with E-state index in [9.17, 15) is 14.0 Å². The molecule has 2 aromatic rings. The molecule has 0 bridgehead atoms. The van der Waals surface area contributed by atoms with Crippen molar-refractivity contribution in [3.63, 3.8) is 0 Å². The molecule has 1 amide bonds. The minimum atomic E-state index is -1.06. The fourth-order valence-electron chi connectivity index (χ4n) is 3.34. The van der Waals surface area contributed by atoms with E-state index in [1.54, 1.807) is 36.1 Å². The Kier molecular flexibility index (Phi) is 5.21. The molecule has 0 fully saturated rings. The first-order valence-electron chi connectivity index (χ1n) is 8.52. The number of ether oxygens (including phenoxy) is 1. The van der Waals surface area contributed by atoms with Crippen LogP contribution in [-0.4, -0.2) is 35.0 Å². The number of halogens is 1. The summed E-state index contributed by atoms with van der Waals surface area (Å²) < 4.78 is 19.1. The summed E-state index contributed by atoms with van der Waals surface area (Å²) in [5.41, 5.74) is 2.57. The lowest BCUT2D eigenvalue weighted by Gasteiger charge is -2.38. The molecule has 0 aliphatic carbocycles. The lowest BCUT2D eigenvalue weighted by Crippen LogP contribution is -2.40. The molecular formula is C20H20FNO4. The molecule has 26 heavy (non-hydrogen) atoms. The molecule has 0 radical (unpaired) electrons. The standard InChI is InChI=1S/C20H20FNO4/c1-2-18(23)22-9-8-13-6-7-16(26-12-19(24)25)11-17(13)20(22)14-4-3-5-15(21)10-14/h3-7,10-11,20H,2,8-9,12H2,1H3,(H,24,25). The minimum absolute atomic E-state index is 0.0123. The van der Waals surface area contributed by atoms with Crippen LogP contribution in [0.4, 0.5) is 4.39 Å². The molecule has 0 saturated carbocycles. The fourth-order valence-corrected chi connectivity index (χ4v) is 3.34. The average Bonchev–Trinajstić information content (AvgIpc) is 2.64. The summed E-state index contributed by atoms with van der Waals surface area (Å²) in [4.78, 5) is 25.0. The monoisotopic (exact) mass is 357 g/mol. The molecule has 1 atom stereocenters. The highest BCUT2D eigenvalue weighted by atomic mass is 19.1. The van der Waals surface area contributed by atoms with Gasteiger partial charge in [0, 0.05) is 13.0 Å². The molecule has 0 spiro atoms. The highest BCUT2D eigenvalue weighted by molar-refractivity contribution is 5.77. The molecule has 0 aromatic heterocycles. The van der Waals surface area contributed by atoms with E-state index >= 15 is 0 Å². The largest absolute Gasteiger partial charge is 0.482 e. The second-order valence-corrected chi connectivity index (χ2v) is 6.19. The quantitative estimate of drug-likeness (QED) is 0.893. The highest BCUT2D eigenvalue weighted by Crippen LogP contribution is 2.37. The van der Waals surface area contributed by atoms with Crippen LogP contribution in [0.3, 0.4) is 0 Å². The molecule has 1 aliphatic heterocycles. The second kappa shape index (κ2) is 7.56. The van der Waals surface area contributed by atoms with Gasteiger partial charge in [-0.15, -0.1) is 0 Å². The maximum absolute atomic E-state index is 13.8. The first kappa shape index (κ1) is 17.9. The number of carbonyl (C=O) groups excluding carboxylic acids is 1. The van der Waals surface area contributed by atoms with Gasteiger partial charge in [0.25, 0.3) is 0 Å². The lowest BCUT2D eigenvalue weighted by atomic mass is 9.87. The normalized spacial score (nSPS) is 16.1. The zero-order valence-electron chi connectivity index (χ0n) is 14.4. The van der Waals surface area contributed by atoms with Gasteiger partial charge >= 0.3 is 5.97 Å². The van der Waals surface area contributed by atoms with Crippen LogP contribution in [0.15, 0.2) is 42.5 Å². The summed E-state index contributed by atoms with van der Waals surface area (Å²) in [7, 11) is 0. The Morgan fingerprint density at radius 3 is 2.77 bits per heavy atom. The van der Waals surface area contributed by atoms with E-state index in [1.165, 1.54) is 12.1 Å². The van der Waals surface area contributed by atoms with Crippen molar-refractivity contribution >= 4 is 11.9 Å². The Hall–Kier alpha value is -2.89. The number of fused-ring (bicyclic) bond motifs is 1. The Bertz CT molecular complexity index is 836. The molecule has 6 heteroatoms. The Morgan fingerprint density at radius 1 is 1.27 bits per heavy atom. The number of amides is 1. The van der Waals surface area contributed by atoms with Crippen molar-refractivity contribution in [2.24, 2.45) is 0 Å². The number of carbonyl (C=O) groups is 2. The summed E-state index contributed by atoms with van der Waals surface area (Å²) in [6.45, 7) is 1.91. The molecule has 2 aromatic carbocycles. The molecular weight excluding hydrogens is 337 g/mol. The van der Waals surface area contributed by atoms with Crippen LogP contribution in [0.1, 0.15) is 36.1 Å². The molecule has 136 valence electrons. The van der Waals surface area contributed by atoms with E-state index in [2.05, 4.69) is 0 Å². The smallest absolute Gasteiger partial charge is 0.341 e. The Morgan fingerprint density at radius 2 is 2.08 bits per heavy atom. The van der Waals surface area contributed by atoms with E-state index in [0.29, 0.717) is 30.7 Å². The number of hydrogen-bond acceptors (Lipinski definition) is 3. The van der Waals surface area contributed by atoms with E-state index in [-0.39, 0.29) is 11.7 Å². The number of benzene rings is 2. The SMILES string of the molecule is CCC(=O)N1CCc2ccc(OCC(=O)O)cc2C1c1cccc(F)c1. The molecule has 1 unspecified atom stereocenters. The first-order chi connectivity index (χ1) is 12.5. The lowest BCUT2D eigenvalue weighted by molar-refractivity contribution is -0.139. The maximum atomic E-state index is 13.8. The number of carboxylic acid groups (broad SMARTS) is 1. The Balaban J connectivity index is 2.06. The zero-order chi connectivity index (χ0) is 18.7. The first-order valence-corrected chi connectivity index (χ1v) is 8.52. The van der Waals surface area contributed by atoms with Crippen molar-refractivity contribution in [2.75, 3.05) is 13.2 Å². The number of carboxylic acids is 1. The van der Waals surface area contributed by atoms with Crippen LogP contribution in [0, 0.1) is 5.82 Å². The summed E-state index contributed by atoms with van der Waals surface area (Å²) in [6, 6.07) is 11.2. The van der Waals surface area contributed by atoms with Crippen LogP contribution < -0.4 is 4.74 Å². The average molecular weight is 357 g/mol. The van der Waals surface area contributed by atoms with E-state index in [0.717, 1.165) is 11.1 Å². The number of aliphatic carboxylic acids is 1. The van der Waals surface area contributed by atoms with Crippen LogP contribution in [0.2, 0.25) is 0 Å². The van der Waals surface area contributed by atoms with Crippen molar-refractivity contribution in [2.45, 2.75) is 25.8 Å². The topological polar surface area (TPSA) is 66.8 Å². The molecule has 0 saturated heterocycles. The van der Waals surface area contributed by atoms with Gasteiger partial charge in [0.15, 0.2) is 6.61 Å². The third-order valence-corrected chi connectivity index (χ3v) is 4.50. The minimum Gasteiger partial charge on any atom is -0.482 e. The van der Waals surface area contributed by atoms with Crippen LogP contribution >= 0.6 is 0 Å². The third kappa shape index (κ3) is 3.69. The molecule has 1 N–H and O–H groups in total. The predicted molar refractivity (Wildman–Crippen MR) is 93.5 cm³/mol. The van der Waals surface area contributed by atoms with Gasteiger partial charge in [0.2, 0.25) is 5.91 Å². The molecule has 1 aliphatic rings. The molecule has 1 heterocycles. The van der Waals surface area contributed by atoms with Gasteiger partial charge in [-0.25, -0.2) is 9.18 Å². The third-order valence-electron chi connectivity index (χ3n) is 4.50. The van der Waals surface area contributed by atoms with Gasteiger partial charge in [-0.05, 0) is 47.4 Å². The van der Waals surface area contributed by atoms with E-state index in [1.807, 2.05) is 6.07 Å². The van der Waals surface area contributed by atoms with Crippen LogP contribution in [-0.2, 0) is 16.0 Å². The second-order valence-electron chi connectivity index (χ2n) is 6.19. The maximum Gasteiger partial charge on any atom is 0.341 e. The molecule has 5 nitrogen and oxygen atoms in total. The predicted octanol–water partition coefficient (Wildman–Crippen LogP) is 3.17. The van der Waals surface area contributed by atoms with Gasteiger partial charge < -0.3 is 14.7 Å². The van der Waals surface area contributed by atoms with E-state index in [4.69, 9.17) is 9.84 Å². The van der Waals surface area contributed by atoms with Crippen molar-refractivity contribution in [3.8, 4) is 5.75 Å². The van der Waals surface area contributed by atoms with Crippen molar-refractivity contribution in [3.05, 3.63) is 65.0 Å². The summed E-state index contributed by atoms with van der Waals surface area (Å²) in [6.07, 6.45) is 1.04. The highest BCUT2D eigenvalue weighted by Gasteiger charge is 2.31. The summed E-state index contributed by atoms with van der Waals surface area (Å²) >= 11 is 0. The van der Waals surface area contributed by atoms with Gasteiger partial charge in [0.05, 0.1) is 6.04 Å². The van der Waals surface area contributed by atoms with Crippen molar-refractivity contribution in [1.82, 2.24) is 4.90 Å². The number of rotatable bonds is 5. The van der Waals surface area contributed by atoms with Gasteiger partial charge in [0.1, 0.15) is 11.6 Å². The molecule has 3 rings (SSSR count). The van der Waals surface area contributed by atoms with Crippen LogP contribution in [0.25, 0.3) is 0 Å². The van der Waals surface area contributed by atoms with Crippen molar-refractivity contribution in [1.29, 1.82) is 0 Å². The van der Waals surface area contributed by atoms with Crippen molar-refractivity contribution < 1.29 is 23.8 Å². The Labute approximate surface area is 151 Å². The number of nitrogens with zero attached hydrogens (tertiary/aromatic N) is 1. The number of hydrogen-bond donors (Lipinski definition) is 1. The van der Waals surface area contributed by atoms with Gasteiger partial charge in [-0.2, -0.15) is 0 Å². The zero-order valence-corrected chi connectivity index (χ0v) is 14.4. The summed E-state index contributed by atoms with van der Waals surface area (Å²) in [5.74, 6) is -1.02. The van der Waals surface area contributed by atoms with Gasteiger partial charge in [-0.1, -0.05) is 25.1 Å². The van der Waals surface area contributed by atoms with Crippen LogP contribution in [0.5, 0.6) is 5.75 Å². The summed E-state index contributed by atoms with van der Waals surface area (Å²) in [5, 5.41) is 8.80. The fraction of sp³-hybridized carbons (Fsp3) is 0.300. The van der Waals surface area contributed by atoms with Gasteiger partial charge in [-0.3, -0.25) is 4.79 Å². The van der Waals surface area contributed by atoms with E-state index < -0.39 is 18.6 Å².